The van der Waals surface area contributed by atoms with Crippen LogP contribution in [-0.2, 0) is 0 Å². The highest BCUT2D eigenvalue weighted by Crippen LogP contribution is 2.40. The first-order valence-electron chi connectivity index (χ1n) is 7.79. The number of hydrogen-bond donors (Lipinski definition) is 2. The standard InChI is InChI=1S/C17H25NO/c19-17(16-8-4-5-13-18-16)11-9-15(10-12-17)14-6-2-1-3-7-14/h1-3,6-7,15-16,18-19H,4-5,8-13H2. The Morgan fingerprint density at radius 1 is 1.00 bits per heavy atom. The van der Waals surface area contributed by atoms with E-state index in [-0.39, 0.29) is 0 Å². The first-order chi connectivity index (χ1) is 9.28. The van der Waals surface area contributed by atoms with Crippen LogP contribution in [0, 0.1) is 0 Å². The number of benzene rings is 1. The van der Waals surface area contributed by atoms with Gasteiger partial charge in [0.2, 0.25) is 0 Å². The van der Waals surface area contributed by atoms with E-state index in [9.17, 15) is 5.11 Å². The normalized spacial score (nSPS) is 36.1. The van der Waals surface area contributed by atoms with Crippen molar-refractivity contribution >= 4 is 0 Å². The Balaban J connectivity index is 1.62. The van der Waals surface area contributed by atoms with Gasteiger partial charge in [0.1, 0.15) is 0 Å². The van der Waals surface area contributed by atoms with Gasteiger partial charge in [-0.1, -0.05) is 36.8 Å². The zero-order valence-electron chi connectivity index (χ0n) is 11.6. The lowest BCUT2D eigenvalue weighted by Gasteiger charge is -2.43. The molecule has 1 heterocycles. The van der Waals surface area contributed by atoms with E-state index in [0.717, 1.165) is 38.6 Å². The topological polar surface area (TPSA) is 32.3 Å². The molecule has 1 saturated carbocycles. The van der Waals surface area contributed by atoms with Gasteiger partial charge in [-0.3, -0.25) is 0 Å². The van der Waals surface area contributed by atoms with Crippen LogP contribution >= 0.6 is 0 Å². The molecule has 3 rings (SSSR count). The largest absolute Gasteiger partial charge is 0.388 e. The summed E-state index contributed by atoms with van der Waals surface area (Å²) >= 11 is 0. The molecule has 104 valence electrons. The van der Waals surface area contributed by atoms with Crippen molar-refractivity contribution in [1.29, 1.82) is 0 Å². The molecule has 1 aromatic rings. The van der Waals surface area contributed by atoms with E-state index < -0.39 is 5.60 Å². The number of rotatable bonds is 2. The molecule has 1 aromatic carbocycles. The van der Waals surface area contributed by atoms with E-state index in [4.69, 9.17) is 0 Å². The van der Waals surface area contributed by atoms with E-state index >= 15 is 0 Å². The zero-order chi connectivity index (χ0) is 13.1. The van der Waals surface area contributed by atoms with Gasteiger partial charge in [0.25, 0.3) is 0 Å². The van der Waals surface area contributed by atoms with Crippen LogP contribution in [-0.4, -0.2) is 23.3 Å². The highest BCUT2D eigenvalue weighted by molar-refractivity contribution is 5.20. The van der Waals surface area contributed by atoms with Gasteiger partial charge in [-0.05, 0) is 56.6 Å². The molecular formula is C17H25NO. The van der Waals surface area contributed by atoms with Gasteiger partial charge in [-0.25, -0.2) is 0 Å². The summed E-state index contributed by atoms with van der Waals surface area (Å²) in [7, 11) is 0. The van der Waals surface area contributed by atoms with Crippen LogP contribution in [0.25, 0.3) is 0 Å². The average Bonchev–Trinajstić information content (AvgIpc) is 2.50. The molecule has 0 bridgehead atoms. The van der Waals surface area contributed by atoms with E-state index in [1.165, 1.54) is 18.4 Å². The summed E-state index contributed by atoms with van der Waals surface area (Å²) in [6.07, 6.45) is 7.82. The lowest BCUT2D eigenvalue weighted by Crippen LogP contribution is -2.54. The molecular weight excluding hydrogens is 234 g/mol. The number of hydrogen-bond acceptors (Lipinski definition) is 2. The van der Waals surface area contributed by atoms with E-state index in [1.807, 2.05) is 0 Å². The quantitative estimate of drug-likeness (QED) is 0.854. The monoisotopic (exact) mass is 259 g/mol. The molecule has 0 aromatic heterocycles. The first-order valence-corrected chi connectivity index (χ1v) is 7.79. The molecule has 1 unspecified atom stereocenters. The maximum atomic E-state index is 10.9. The number of piperidine rings is 1. The molecule has 2 N–H and O–H groups in total. The second kappa shape index (κ2) is 5.64. The van der Waals surface area contributed by atoms with Crippen molar-refractivity contribution in [3.63, 3.8) is 0 Å². The van der Waals surface area contributed by atoms with Crippen LogP contribution in [0.15, 0.2) is 30.3 Å². The van der Waals surface area contributed by atoms with Crippen molar-refractivity contribution in [3.8, 4) is 0 Å². The van der Waals surface area contributed by atoms with Gasteiger partial charge in [0.05, 0.1) is 5.60 Å². The van der Waals surface area contributed by atoms with Gasteiger partial charge >= 0.3 is 0 Å². The fourth-order valence-corrected chi connectivity index (χ4v) is 3.84. The molecule has 1 aliphatic carbocycles. The van der Waals surface area contributed by atoms with Crippen molar-refractivity contribution in [2.45, 2.75) is 62.5 Å². The van der Waals surface area contributed by atoms with Crippen molar-refractivity contribution in [2.75, 3.05) is 6.54 Å². The summed E-state index contributed by atoms with van der Waals surface area (Å²) in [4.78, 5) is 0. The first kappa shape index (κ1) is 13.1. The second-order valence-electron chi connectivity index (χ2n) is 6.29. The van der Waals surface area contributed by atoms with E-state index in [1.54, 1.807) is 0 Å². The molecule has 0 spiro atoms. The summed E-state index contributed by atoms with van der Waals surface area (Å²) in [6, 6.07) is 11.1. The molecule has 0 amide bonds. The summed E-state index contributed by atoms with van der Waals surface area (Å²) in [5.74, 6) is 0.644. The Bertz CT molecular complexity index is 389. The van der Waals surface area contributed by atoms with E-state index in [2.05, 4.69) is 35.6 Å². The maximum Gasteiger partial charge on any atom is 0.0800 e. The van der Waals surface area contributed by atoms with Gasteiger partial charge in [0.15, 0.2) is 0 Å². The fraction of sp³-hybridized carbons (Fsp3) is 0.647. The minimum Gasteiger partial charge on any atom is -0.388 e. The van der Waals surface area contributed by atoms with Crippen LogP contribution in [0.3, 0.4) is 0 Å². The lowest BCUT2D eigenvalue weighted by atomic mass is 9.71. The third kappa shape index (κ3) is 2.85. The SMILES string of the molecule is OC1(C2CCCCN2)CCC(c2ccccc2)CC1. The highest BCUT2D eigenvalue weighted by atomic mass is 16.3. The van der Waals surface area contributed by atoms with Gasteiger partial charge < -0.3 is 10.4 Å². The molecule has 2 fully saturated rings. The molecule has 2 nitrogen and oxygen atoms in total. The van der Waals surface area contributed by atoms with Crippen LogP contribution in [0.5, 0.6) is 0 Å². The molecule has 1 saturated heterocycles. The van der Waals surface area contributed by atoms with Crippen LogP contribution in [0.4, 0.5) is 0 Å². The van der Waals surface area contributed by atoms with Crippen molar-refractivity contribution < 1.29 is 5.11 Å². The molecule has 1 atom stereocenters. The molecule has 1 aliphatic heterocycles. The Morgan fingerprint density at radius 2 is 1.74 bits per heavy atom. The average molecular weight is 259 g/mol. The summed E-state index contributed by atoms with van der Waals surface area (Å²) < 4.78 is 0. The van der Waals surface area contributed by atoms with Crippen LogP contribution < -0.4 is 5.32 Å². The Kier molecular flexibility index (Phi) is 3.90. The number of nitrogens with one attached hydrogen (secondary N) is 1. The van der Waals surface area contributed by atoms with Gasteiger partial charge in [0, 0.05) is 6.04 Å². The summed E-state index contributed by atoms with van der Waals surface area (Å²) in [5, 5.41) is 14.4. The summed E-state index contributed by atoms with van der Waals surface area (Å²) in [6.45, 7) is 1.08. The van der Waals surface area contributed by atoms with Crippen molar-refractivity contribution in [2.24, 2.45) is 0 Å². The van der Waals surface area contributed by atoms with Crippen LogP contribution in [0.1, 0.15) is 56.4 Å². The lowest BCUT2D eigenvalue weighted by molar-refractivity contribution is -0.0412. The smallest absolute Gasteiger partial charge is 0.0800 e. The minimum absolute atomic E-state index is 0.331. The number of aliphatic hydroxyl groups is 1. The van der Waals surface area contributed by atoms with E-state index in [0.29, 0.717) is 12.0 Å². The maximum absolute atomic E-state index is 10.9. The van der Waals surface area contributed by atoms with Gasteiger partial charge in [-0.15, -0.1) is 0 Å². The molecule has 0 radical (unpaired) electrons. The summed E-state index contributed by atoms with van der Waals surface area (Å²) in [5.41, 5.74) is 0.993. The predicted octanol–water partition coefficient (Wildman–Crippen LogP) is 3.22. The highest BCUT2D eigenvalue weighted by Gasteiger charge is 2.40. The fourth-order valence-electron chi connectivity index (χ4n) is 3.84. The third-order valence-corrected chi connectivity index (χ3v) is 5.08. The van der Waals surface area contributed by atoms with Crippen LogP contribution in [0.2, 0.25) is 0 Å². The minimum atomic E-state index is -0.453. The van der Waals surface area contributed by atoms with Gasteiger partial charge in [-0.2, -0.15) is 0 Å². The Hall–Kier alpha value is -0.860. The molecule has 2 heteroatoms. The Morgan fingerprint density at radius 3 is 2.37 bits per heavy atom. The van der Waals surface area contributed by atoms with Crippen molar-refractivity contribution in [3.05, 3.63) is 35.9 Å². The molecule has 2 aliphatic rings. The third-order valence-electron chi connectivity index (χ3n) is 5.08. The van der Waals surface area contributed by atoms with Crippen molar-refractivity contribution in [1.82, 2.24) is 5.32 Å². The predicted molar refractivity (Wildman–Crippen MR) is 78.2 cm³/mol. The second-order valence-corrected chi connectivity index (χ2v) is 6.29. The zero-order valence-corrected chi connectivity index (χ0v) is 11.6. The molecule has 19 heavy (non-hydrogen) atoms. The Labute approximate surface area is 116 Å².